The zero-order valence-electron chi connectivity index (χ0n) is 18.3. The number of nitrogens with two attached hydrogens (primary N) is 1. The highest BCUT2D eigenvalue weighted by atomic mass is 19.3. The van der Waals surface area contributed by atoms with Crippen molar-refractivity contribution in [2.45, 2.75) is 20.0 Å². The molecule has 0 bridgehead atoms. The van der Waals surface area contributed by atoms with Gasteiger partial charge in [-0.05, 0) is 25.1 Å². The molecule has 0 aliphatic heterocycles. The van der Waals surface area contributed by atoms with Gasteiger partial charge in [0.25, 0.3) is 0 Å². The number of nitrogen functional groups attached to an aromatic ring is 1. The van der Waals surface area contributed by atoms with Gasteiger partial charge in [0, 0.05) is 43.1 Å². The molecule has 3 aromatic heterocycles. The number of para-hydroxylation sites is 1. The molecule has 0 aliphatic carbocycles. The molecule has 0 saturated carbocycles. The fraction of sp³-hybridized carbons (Fsp3) is 0.174. The Morgan fingerprint density at radius 2 is 1.91 bits per heavy atom. The van der Waals surface area contributed by atoms with Gasteiger partial charge in [-0.2, -0.15) is 13.9 Å². The van der Waals surface area contributed by atoms with Crippen LogP contribution in [-0.4, -0.2) is 36.7 Å². The fourth-order valence-corrected chi connectivity index (χ4v) is 3.38. The van der Waals surface area contributed by atoms with E-state index in [4.69, 9.17) is 5.73 Å². The predicted octanol–water partition coefficient (Wildman–Crippen LogP) is 2.95. The van der Waals surface area contributed by atoms with E-state index in [2.05, 4.69) is 19.8 Å². The van der Waals surface area contributed by atoms with Gasteiger partial charge in [0.15, 0.2) is 17.4 Å². The number of alkyl halides is 2. The third kappa shape index (κ3) is 4.68. The Hall–Kier alpha value is -4.41. The number of hydrogen-bond acceptors (Lipinski definition) is 7. The van der Waals surface area contributed by atoms with Crippen LogP contribution in [-0.2, 0) is 13.5 Å². The van der Waals surface area contributed by atoms with Crippen LogP contribution < -0.4 is 16.0 Å². The summed E-state index contributed by atoms with van der Waals surface area (Å²) in [6.45, 7) is -1.23. The van der Waals surface area contributed by atoms with Crippen LogP contribution in [0.3, 0.4) is 0 Å². The lowest BCUT2D eigenvalue weighted by atomic mass is 10.1. The zero-order chi connectivity index (χ0) is 24.4. The molecule has 2 N–H and O–H groups in total. The van der Waals surface area contributed by atoms with Crippen LogP contribution in [0.2, 0.25) is 0 Å². The molecule has 9 nitrogen and oxygen atoms in total. The van der Waals surface area contributed by atoms with Gasteiger partial charge in [-0.25, -0.2) is 14.6 Å². The van der Waals surface area contributed by atoms with Crippen LogP contribution in [0.5, 0.6) is 5.75 Å². The van der Waals surface area contributed by atoms with E-state index in [1.54, 1.807) is 44.6 Å². The van der Waals surface area contributed by atoms with Crippen molar-refractivity contribution in [3.05, 3.63) is 82.2 Å². The van der Waals surface area contributed by atoms with Crippen molar-refractivity contribution in [1.82, 2.24) is 24.3 Å². The average Bonchev–Trinajstić information content (AvgIpc) is 3.22. The van der Waals surface area contributed by atoms with Gasteiger partial charge in [-0.3, -0.25) is 9.59 Å². The molecule has 0 radical (unpaired) electrons. The summed E-state index contributed by atoms with van der Waals surface area (Å²) in [5.41, 5.74) is 7.49. The molecule has 0 amide bonds. The molecule has 1 aromatic carbocycles. The summed E-state index contributed by atoms with van der Waals surface area (Å²) < 4.78 is 32.9. The fourth-order valence-electron chi connectivity index (χ4n) is 3.38. The lowest BCUT2D eigenvalue weighted by Crippen LogP contribution is -2.17. The van der Waals surface area contributed by atoms with Crippen molar-refractivity contribution in [2.75, 3.05) is 5.73 Å². The minimum atomic E-state index is -3.03. The number of benzene rings is 1. The maximum Gasteiger partial charge on any atom is 0.387 e. The van der Waals surface area contributed by atoms with E-state index in [-0.39, 0.29) is 46.3 Å². The number of nitrogens with zero attached hydrogens (tertiary/aromatic N) is 5. The lowest BCUT2D eigenvalue weighted by Gasteiger charge is -2.14. The normalized spacial score (nSPS) is 11.1. The van der Waals surface area contributed by atoms with Crippen LogP contribution in [0.25, 0.3) is 17.1 Å². The number of Topliss-reactive ketones (excluding diaryl/α,β-unsaturated/α-hetero) is 1. The van der Waals surface area contributed by atoms with Crippen molar-refractivity contribution in [3.8, 4) is 22.8 Å². The molecule has 3 heterocycles. The van der Waals surface area contributed by atoms with E-state index in [1.807, 2.05) is 0 Å². The number of ketones is 1. The average molecular weight is 466 g/mol. The topological polar surface area (TPSA) is 118 Å². The highest BCUT2D eigenvalue weighted by Gasteiger charge is 2.22. The molecule has 0 saturated heterocycles. The van der Waals surface area contributed by atoms with Crippen molar-refractivity contribution < 1.29 is 18.3 Å². The minimum absolute atomic E-state index is 0.112. The minimum Gasteiger partial charge on any atom is -0.435 e. The van der Waals surface area contributed by atoms with Crippen LogP contribution in [0, 0.1) is 6.92 Å². The van der Waals surface area contributed by atoms with Gasteiger partial charge >= 0.3 is 6.61 Å². The van der Waals surface area contributed by atoms with Crippen molar-refractivity contribution >= 4 is 11.6 Å². The summed E-state index contributed by atoms with van der Waals surface area (Å²) in [7, 11) is 1.58. The number of aromatic nitrogens is 5. The summed E-state index contributed by atoms with van der Waals surface area (Å²) in [5, 5.41) is 4.35. The number of halogens is 2. The first kappa shape index (κ1) is 22.8. The van der Waals surface area contributed by atoms with E-state index < -0.39 is 12.4 Å². The Balaban J connectivity index is 1.81. The molecule has 0 unspecified atom stereocenters. The molecular weight excluding hydrogens is 446 g/mol. The molecule has 0 fully saturated rings. The van der Waals surface area contributed by atoms with E-state index in [1.165, 1.54) is 33.5 Å². The molecule has 0 atom stereocenters. The van der Waals surface area contributed by atoms with Crippen molar-refractivity contribution in [3.63, 3.8) is 0 Å². The quantitative estimate of drug-likeness (QED) is 0.416. The Bertz CT molecular complexity index is 1430. The molecule has 4 aromatic rings. The first-order chi connectivity index (χ1) is 16.2. The van der Waals surface area contributed by atoms with Gasteiger partial charge < -0.3 is 15.0 Å². The van der Waals surface area contributed by atoms with Crippen LogP contribution >= 0.6 is 0 Å². The molecule has 4 rings (SSSR count). The smallest absolute Gasteiger partial charge is 0.387 e. The third-order valence-corrected chi connectivity index (χ3v) is 5.01. The second kappa shape index (κ2) is 9.22. The van der Waals surface area contributed by atoms with Gasteiger partial charge in [0.2, 0.25) is 5.56 Å². The summed E-state index contributed by atoms with van der Waals surface area (Å²) in [6.07, 6.45) is 2.95. The first-order valence-corrected chi connectivity index (χ1v) is 10.2. The van der Waals surface area contributed by atoms with E-state index in [0.717, 1.165) is 5.69 Å². The second-order valence-corrected chi connectivity index (χ2v) is 7.48. The van der Waals surface area contributed by atoms with Gasteiger partial charge in [0.05, 0.1) is 5.69 Å². The maximum atomic E-state index is 13.1. The number of aryl methyl sites for hydroxylation is 2. The molecular formula is C23H20F2N6O3. The van der Waals surface area contributed by atoms with Gasteiger partial charge in [-0.15, -0.1) is 0 Å². The summed E-state index contributed by atoms with van der Waals surface area (Å²) in [4.78, 5) is 33.9. The first-order valence-electron chi connectivity index (χ1n) is 10.2. The second-order valence-electron chi connectivity index (χ2n) is 7.48. The highest BCUT2D eigenvalue weighted by molar-refractivity contribution is 6.00. The van der Waals surface area contributed by atoms with Crippen LogP contribution in [0.1, 0.15) is 21.7 Å². The Kier molecular flexibility index (Phi) is 6.17. The zero-order valence-corrected chi connectivity index (χ0v) is 18.3. The van der Waals surface area contributed by atoms with E-state index in [0.29, 0.717) is 5.56 Å². The monoisotopic (exact) mass is 466 g/mol. The number of anilines is 1. The van der Waals surface area contributed by atoms with Crippen molar-refractivity contribution in [1.29, 1.82) is 0 Å². The largest absolute Gasteiger partial charge is 0.435 e. The molecule has 11 heteroatoms. The predicted molar refractivity (Wildman–Crippen MR) is 120 cm³/mol. The molecule has 34 heavy (non-hydrogen) atoms. The molecule has 0 aliphatic rings. The third-order valence-electron chi connectivity index (χ3n) is 5.01. The summed E-state index contributed by atoms with van der Waals surface area (Å²) in [6, 6.07) is 10.7. The van der Waals surface area contributed by atoms with Crippen LogP contribution in [0.4, 0.5) is 14.6 Å². The maximum absolute atomic E-state index is 13.1. The van der Waals surface area contributed by atoms with Crippen LogP contribution in [0.15, 0.2) is 59.7 Å². The number of hydrogen-bond donors (Lipinski definition) is 1. The summed E-state index contributed by atoms with van der Waals surface area (Å²) in [5.74, 6) is -0.528. The van der Waals surface area contributed by atoms with Gasteiger partial charge in [0.1, 0.15) is 17.1 Å². The number of carbonyl (C=O) groups excluding carboxylic acids is 1. The lowest BCUT2D eigenvalue weighted by molar-refractivity contribution is -0.0504. The van der Waals surface area contributed by atoms with Crippen molar-refractivity contribution in [2.24, 2.45) is 7.05 Å². The molecule has 174 valence electrons. The van der Waals surface area contributed by atoms with E-state index in [9.17, 15) is 18.4 Å². The Labute approximate surface area is 192 Å². The highest BCUT2D eigenvalue weighted by Crippen LogP contribution is 2.27. The number of ether oxygens (including phenoxy) is 1. The summed E-state index contributed by atoms with van der Waals surface area (Å²) >= 11 is 0. The van der Waals surface area contributed by atoms with Gasteiger partial charge in [-0.1, -0.05) is 18.2 Å². The number of carbonyl (C=O) groups is 1. The molecule has 0 spiro atoms. The SMILES string of the molecule is Cc1ccn(-c2nc(N)c(C(=O)Cc3ccccc3OC(F)F)nc2-c2ccc(=O)n(C)c2)n1. The van der Waals surface area contributed by atoms with E-state index >= 15 is 0 Å². The number of pyridine rings is 1. The Morgan fingerprint density at radius 1 is 1.15 bits per heavy atom. The standard InChI is InChI=1S/C23H20F2N6O3/c1-13-9-10-31(29-13)22-19(15-7-8-18(33)30(2)12-15)27-20(21(26)28-22)16(32)11-14-5-3-4-6-17(14)34-23(24)25/h3-10,12,23H,11H2,1-2H3,(H2,26,28). The Morgan fingerprint density at radius 3 is 2.59 bits per heavy atom. The number of rotatable bonds is 7.